The minimum atomic E-state index is 0.734. The molecule has 1 aromatic carbocycles. The molecule has 0 saturated heterocycles. The molecule has 0 aliphatic heterocycles. The Morgan fingerprint density at radius 2 is 1.94 bits per heavy atom. The lowest BCUT2D eigenvalue weighted by molar-refractivity contribution is 0.399. The van der Waals surface area contributed by atoms with Gasteiger partial charge in [0.25, 0.3) is 0 Å². The van der Waals surface area contributed by atoms with E-state index < -0.39 is 0 Å². The second-order valence-electron chi connectivity index (χ2n) is 3.89. The number of aliphatic hydroxyl groups excluding tert-OH is 1. The van der Waals surface area contributed by atoms with E-state index in [1.807, 2.05) is 32.0 Å². The largest absolute Gasteiger partial charge is 0.400 e. The molecule has 2 N–H and O–H groups in total. The number of nitriles is 1. The van der Waals surface area contributed by atoms with Crippen LogP contribution in [0.2, 0.25) is 0 Å². The van der Waals surface area contributed by atoms with Crippen molar-refractivity contribution in [1.29, 1.82) is 5.26 Å². The summed E-state index contributed by atoms with van der Waals surface area (Å²) < 4.78 is 0. The maximum Gasteiger partial charge on any atom is 0.0991 e. The lowest BCUT2D eigenvalue weighted by Gasteiger charge is -1.95. The summed E-state index contributed by atoms with van der Waals surface area (Å²) in [6.07, 6.45) is 4.68. The Labute approximate surface area is 108 Å². The van der Waals surface area contributed by atoms with Crippen molar-refractivity contribution in [3.8, 4) is 6.07 Å². The lowest BCUT2D eigenvalue weighted by atomic mass is 10.1. The van der Waals surface area contributed by atoms with E-state index in [0.717, 1.165) is 24.1 Å². The third kappa shape index (κ3) is 2.91. The van der Waals surface area contributed by atoms with E-state index in [-0.39, 0.29) is 0 Å². The van der Waals surface area contributed by atoms with Gasteiger partial charge in [0.2, 0.25) is 0 Å². The third-order valence-corrected chi connectivity index (χ3v) is 2.86. The summed E-state index contributed by atoms with van der Waals surface area (Å²) in [5.74, 6) is 0.734. The SMILES string of the molecule is CC.CO.N#Cc1ccc2[nH]cc(C3CC3)c2c1. The standard InChI is InChI=1S/C12H10N2.C2H6.CH4O/c13-6-8-1-4-12-10(5-8)11(7-14-12)9-2-3-9;2*1-2/h1,4-5,7,9,14H,2-3H2;1-2H3;2H,1H3. The van der Waals surface area contributed by atoms with E-state index in [9.17, 15) is 0 Å². The quantitative estimate of drug-likeness (QED) is 0.805. The molecule has 0 bridgehead atoms. The number of benzene rings is 1. The fraction of sp³-hybridized carbons (Fsp3) is 0.400. The molecule has 18 heavy (non-hydrogen) atoms. The fourth-order valence-electron chi connectivity index (χ4n) is 1.94. The highest BCUT2D eigenvalue weighted by Gasteiger charge is 2.26. The first-order valence-electron chi connectivity index (χ1n) is 6.34. The van der Waals surface area contributed by atoms with Gasteiger partial charge < -0.3 is 10.1 Å². The van der Waals surface area contributed by atoms with Crippen LogP contribution >= 0.6 is 0 Å². The van der Waals surface area contributed by atoms with E-state index in [1.54, 1.807) is 0 Å². The highest BCUT2D eigenvalue weighted by molar-refractivity contribution is 5.85. The number of aromatic amines is 1. The molecule has 1 fully saturated rings. The van der Waals surface area contributed by atoms with Crippen LogP contribution in [0.25, 0.3) is 10.9 Å². The van der Waals surface area contributed by atoms with Crippen LogP contribution in [0.15, 0.2) is 24.4 Å². The van der Waals surface area contributed by atoms with Crippen molar-refractivity contribution in [3.63, 3.8) is 0 Å². The van der Waals surface area contributed by atoms with Crippen molar-refractivity contribution in [2.24, 2.45) is 0 Å². The normalized spacial score (nSPS) is 12.8. The molecular weight excluding hydrogens is 224 g/mol. The number of nitrogens with one attached hydrogen (secondary N) is 1. The Bertz CT molecular complexity index is 533. The number of rotatable bonds is 1. The van der Waals surface area contributed by atoms with Gasteiger partial charge in [0.1, 0.15) is 0 Å². The number of nitrogens with zero attached hydrogens (tertiary/aromatic N) is 1. The molecule has 96 valence electrons. The smallest absolute Gasteiger partial charge is 0.0991 e. The van der Waals surface area contributed by atoms with Crippen LogP contribution in [-0.2, 0) is 0 Å². The van der Waals surface area contributed by atoms with Crippen LogP contribution in [-0.4, -0.2) is 17.2 Å². The second kappa shape index (κ2) is 6.83. The summed E-state index contributed by atoms with van der Waals surface area (Å²) in [6.45, 7) is 4.00. The third-order valence-electron chi connectivity index (χ3n) is 2.86. The molecule has 1 aliphatic rings. The number of fused-ring (bicyclic) bond motifs is 1. The van der Waals surface area contributed by atoms with Crippen LogP contribution in [0, 0.1) is 11.3 Å². The van der Waals surface area contributed by atoms with Gasteiger partial charge in [-0.1, -0.05) is 13.8 Å². The average Bonchev–Trinajstić information content (AvgIpc) is 3.22. The molecule has 3 rings (SSSR count). The molecule has 0 atom stereocenters. The van der Waals surface area contributed by atoms with Crippen molar-refractivity contribution < 1.29 is 5.11 Å². The summed E-state index contributed by atoms with van der Waals surface area (Å²) in [7, 11) is 1.00. The number of hydrogen-bond donors (Lipinski definition) is 2. The van der Waals surface area contributed by atoms with Crippen molar-refractivity contribution in [1.82, 2.24) is 4.98 Å². The molecule has 1 saturated carbocycles. The predicted octanol–water partition coefficient (Wildman–Crippen LogP) is 3.55. The van der Waals surface area contributed by atoms with Gasteiger partial charge in [-0.2, -0.15) is 5.26 Å². The van der Waals surface area contributed by atoms with Crippen molar-refractivity contribution in [3.05, 3.63) is 35.5 Å². The van der Waals surface area contributed by atoms with Gasteiger partial charge >= 0.3 is 0 Å². The van der Waals surface area contributed by atoms with Crippen molar-refractivity contribution in [2.75, 3.05) is 7.11 Å². The Morgan fingerprint density at radius 1 is 1.28 bits per heavy atom. The van der Waals surface area contributed by atoms with E-state index in [2.05, 4.69) is 17.3 Å². The molecule has 3 heteroatoms. The molecule has 1 heterocycles. The number of hydrogen-bond acceptors (Lipinski definition) is 2. The zero-order chi connectivity index (χ0) is 13.5. The molecule has 2 aromatic rings. The molecule has 0 unspecified atom stereocenters. The highest BCUT2D eigenvalue weighted by Crippen LogP contribution is 2.43. The first-order valence-corrected chi connectivity index (χ1v) is 6.34. The first-order chi connectivity index (χ1) is 8.88. The van der Waals surface area contributed by atoms with Gasteiger partial charge in [-0.25, -0.2) is 0 Å². The predicted molar refractivity (Wildman–Crippen MR) is 74.5 cm³/mol. The Morgan fingerprint density at radius 3 is 2.50 bits per heavy atom. The van der Waals surface area contributed by atoms with Gasteiger partial charge in [0.15, 0.2) is 0 Å². The second-order valence-corrected chi connectivity index (χ2v) is 3.89. The van der Waals surface area contributed by atoms with Crippen LogP contribution in [0.4, 0.5) is 0 Å². The molecule has 0 amide bonds. The molecular formula is C15H20N2O. The Hall–Kier alpha value is -1.79. The van der Waals surface area contributed by atoms with Gasteiger partial charge in [-0.3, -0.25) is 0 Å². The number of aromatic nitrogens is 1. The zero-order valence-corrected chi connectivity index (χ0v) is 11.2. The number of H-pyrrole nitrogens is 1. The molecule has 1 aliphatic carbocycles. The van der Waals surface area contributed by atoms with Crippen LogP contribution < -0.4 is 0 Å². The van der Waals surface area contributed by atoms with E-state index >= 15 is 0 Å². The van der Waals surface area contributed by atoms with Gasteiger partial charge in [0.05, 0.1) is 11.6 Å². The minimum absolute atomic E-state index is 0.734. The maximum atomic E-state index is 8.82. The zero-order valence-electron chi connectivity index (χ0n) is 11.2. The highest BCUT2D eigenvalue weighted by atomic mass is 16.2. The van der Waals surface area contributed by atoms with Gasteiger partial charge in [0, 0.05) is 24.2 Å². The molecule has 0 spiro atoms. The topological polar surface area (TPSA) is 59.8 Å². The van der Waals surface area contributed by atoms with Crippen LogP contribution in [0.3, 0.4) is 0 Å². The average molecular weight is 244 g/mol. The minimum Gasteiger partial charge on any atom is -0.400 e. The van der Waals surface area contributed by atoms with Gasteiger partial charge in [-0.05, 0) is 42.5 Å². The van der Waals surface area contributed by atoms with Crippen LogP contribution in [0.5, 0.6) is 0 Å². The summed E-state index contributed by atoms with van der Waals surface area (Å²) in [5.41, 5.74) is 3.28. The lowest BCUT2D eigenvalue weighted by Crippen LogP contribution is -1.77. The Kier molecular flexibility index (Phi) is 5.41. The molecule has 0 radical (unpaired) electrons. The Balaban J connectivity index is 0.000000371. The van der Waals surface area contributed by atoms with E-state index in [1.165, 1.54) is 23.8 Å². The molecule has 3 nitrogen and oxygen atoms in total. The summed E-state index contributed by atoms with van der Waals surface area (Å²) in [5, 5.41) is 17.0. The fourth-order valence-corrected chi connectivity index (χ4v) is 1.94. The summed E-state index contributed by atoms with van der Waals surface area (Å²) >= 11 is 0. The molecule has 1 aromatic heterocycles. The van der Waals surface area contributed by atoms with Crippen molar-refractivity contribution in [2.45, 2.75) is 32.6 Å². The summed E-state index contributed by atoms with van der Waals surface area (Å²) in [4.78, 5) is 3.25. The van der Waals surface area contributed by atoms with Crippen LogP contribution in [0.1, 0.15) is 43.7 Å². The van der Waals surface area contributed by atoms with Gasteiger partial charge in [-0.15, -0.1) is 0 Å². The number of aliphatic hydroxyl groups is 1. The summed E-state index contributed by atoms with van der Waals surface area (Å²) in [6, 6.07) is 8.01. The van der Waals surface area contributed by atoms with Crippen molar-refractivity contribution >= 4 is 10.9 Å². The maximum absolute atomic E-state index is 8.82. The van der Waals surface area contributed by atoms with E-state index in [4.69, 9.17) is 10.4 Å². The first kappa shape index (κ1) is 14.3. The monoisotopic (exact) mass is 244 g/mol. The van der Waals surface area contributed by atoms with E-state index in [0.29, 0.717) is 0 Å².